The molecule has 1 atom stereocenters. The lowest BCUT2D eigenvalue weighted by Crippen LogP contribution is -2.26. The van der Waals surface area contributed by atoms with Gasteiger partial charge in [0.05, 0.1) is 24.8 Å². The van der Waals surface area contributed by atoms with Crippen LogP contribution < -0.4 is 5.43 Å². The summed E-state index contributed by atoms with van der Waals surface area (Å²) in [5.41, 5.74) is -0.767. The minimum Gasteiger partial charge on any atom is -0.477 e. The van der Waals surface area contributed by atoms with Crippen molar-refractivity contribution in [2.75, 3.05) is 6.61 Å². The van der Waals surface area contributed by atoms with Crippen molar-refractivity contribution >= 4 is 16.9 Å². The van der Waals surface area contributed by atoms with E-state index >= 15 is 0 Å². The molecule has 0 fully saturated rings. The number of carboxylic acids is 1. The number of aromatic nitrogens is 1. The number of carbonyl (C=O) groups is 1. The van der Waals surface area contributed by atoms with Crippen LogP contribution in [0.1, 0.15) is 10.5 Å². The second-order valence-electron chi connectivity index (χ2n) is 4.31. The Bertz CT molecular complexity index is 725. The highest BCUT2D eigenvalue weighted by Gasteiger charge is 2.17. The zero-order valence-corrected chi connectivity index (χ0v) is 10.3. The van der Waals surface area contributed by atoms with Crippen LogP contribution in [-0.2, 0) is 6.54 Å². The molecule has 1 aromatic carbocycles. The van der Waals surface area contributed by atoms with Gasteiger partial charge in [0.2, 0.25) is 0 Å². The molecule has 0 spiro atoms. The monoisotopic (exact) mass is 281 g/mol. The lowest BCUT2D eigenvalue weighted by atomic mass is 10.1. The molecule has 0 aliphatic carbocycles. The van der Waals surface area contributed by atoms with Crippen molar-refractivity contribution in [3.63, 3.8) is 0 Å². The molecule has 2 aromatic rings. The molecule has 1 aromatic heterocycles. The first-order chi connectivity index (χ1) is 9.43. The zero-order valence-electron chi connectivity index (χ0n) is 10.3. The molecule has 0 amide bonds. The van der Waals surface area contributed by atoms with Crippen molar-refractivity contribution in [1.29, 1.82) is 0 Å². The van der Waals surface area contributed by atoms with E-state index in [1.807, 2.05) is 0 Å². The predicted octanol–water partition coefficient (Wildman–Crippen LogP) is 0.192. The molecule has 0 saturated carbocycles. The van der Waals surface area contributed by atoms with Gasteiger partial charge in [-0.15, -0.1) is 0 Å². The van der Waals surface area contributed by atoms with Crippen molar-refractivity contribution in [2.45, 2.75) is 12.6 Å². The summed E-state index contributed by atoms with van der Waals surface area (Å²) in [4.78, 5) is 23.0. The number of rotatable bonds is 4. The number of nitrogens with zero attached hydrogens (tertiary/aromatic N) is 1. The molecule has 2 rings (SSSR count). The maximum atomic E-state index is 13.2. The van der Waals surface area contributed by atoms with Crippen LogP contribution in [0.3, 0.4) is 0 Å². The Morgan fingerprint density at radius 1 is 1.35 bits per heavy atom. The summed E-state index contributed by atoms with van der Waals surface area (Å²) in [5.74, 6) is -1.97. The van der Waals surface area contributed by atoms with Gasteiger partial charge in [0.15, 0.2) is 5.43 Å². The predicted molar refractivity (Wildman–Crippen MR) is 68.2 cm³/mol. The summed E-state index contributed by atoms with van der Waals surface area (Å²) in [5, 5.41) is 27.5. The second kappa shape index (κ2) is 5.40. The fraction of sp³-hybridized carbons (Fsp3) is 0.231. The highest BCUT2D eigenvalue weighted by molar-refractivity contribution is 5.90. The molecule has 0 bridgehead atoms. The first kappa shape index (κ1) is 14.2. The molecular formula is C13H12FNO5. The molecule has 1 heterocycles. The first-order valence-electron chi connectivity index (χ1n) is 5.79. The van der Waals surface area contributed by atoms with Crippen molar-refractivity contribution in [3.05, 3.63) is 46.0 Å². The molecule has 0 aliphatic heterocycles. The molecule has 20 heavy (non-hydrogen) atoms. The minimum absolute atomic E-state index is 0.0140. The van der Waals surface area contributed by atoms with E-state index in [0.717, 1.165) is 18.2 Å². The molecule has 1 unspecified atom stereocenters. The van der Waals surface area contributed by atoms with E-state index in [-0.39, 0.29) is 23.1 Å². The van der Waals surface area contributed by atoms with Gasteiger partial charge in [-0.2, -0.15) is 0 Å². The maximum Gasteiger partial charge on any atom is 0.352 e. The number of pyridine rings is 1. The first-order valence-corrected chi connectivity index (χ1v) is 5.79. The summed E-state index contributed by atoms with van der Waals surface area (Å²) in [7, 11) is 0. The number of hydrogen-bond donors (Lipinski definition) is 3. The van der Waals surface area contributed by atoms with Crippen LogP contribution in [0.2, 0.25) is 0 Å². The quantitative estimate of drug-likeness (QED) is 0.743. The Balaban J connectivity index is 2.78. The second-order valence-corrected chi connectivity index (χ2v) is 4.31. The number of carboxylic acid groups (broad SMARTS) is 1. The zero-order chi connectivity index (χ0) is 14.9. The normalized spacial score (nSPS) is 12.6. The van der Waals surface area contributed by atoms with Gasteiger partial charge >= 0.3 is 5.97 Å². The van der Waals surface area contributed by atoms with E-state index in [2.05, 4.69) is 0 Å². The van der Waals surface area contributed by atoms with Crippen LogP contribution in [0.25, 0.3) is 10.9 Å². The van der Waals surface area contributed by atoms with Gasteiger partial charge in [-0.3, -0.25) is 4.79 Å². The molecule has 0 saturated heterocycles. The van der Waals surface area contributed by atoms with Crippen LogP contribution in [0.15, 0.2) is 29.1 Å². The Morgan fingerprint density at radius 3 is 2.65 bits per heavy atom. The van der Waals surface area contributed by atoms with Crippen molar-refractivity contribution in [2.24, 2.45) is 0 Å². The smallest absolute Gasteiger partial charge is 0.352 e. The number of aliphatic hydroxyl groups excluding tert-OH is 2. The summed E-state index contributed by atoms with van der Waals surface area (Å²) in [6.45, 7) is -0.783. The van der Waals surface area contributed by atoms with E-state index in [1.165, 1.54) is 10.6 Å². The van der Waals surface area contributed by atoms with Crippen LogP contribution in [0.5, 0.6) is 0 Å². The van der Waals surface area contributed by atoms with Gasteiger partial charge < -0.3 is 19.9 Å². The topological polar surface area (TPSA) is 99.8 Å². The SMILES string of the molecule is O=C(O)c1cc(=O)c2cc(F)ccc2n1CC(O)CO. The van der Waals surface area contributed by atoms with E-state index in [1.54, 1.807) is 0 Å². The average molecular weight is 281 g/mol. The van der Waals surface area contributed by atoms with Crippen LogP contribution in [0, 0.1) is 5.82 Å². The van der Waals surface area contributed by atoms with Gasteiger partial charge in [-0.25, -0.2) is 9.18 Å². The number of halogens is 1. The molecule has 0 radical (unpaired) electrons. The fourth-order valence-electron chi connectivity index (χ4n) is 1.99. The van der Waals surface area contributed by atoms with E-state index < -0.39 is 29.9 Å². The van der Waals surface area contributed by atoms with Crippen LogP contribution in [-0.4, -0.2) is 38.6 Å². The minimum atomic E-state index is -1.35. The van der Waals surface area contributed by atoms with Gasteiger partial charge in [0.1, 0.15) is 11.5 Å². The van der Waals surface area contributed by atoms with E-state index in [0.29, 0.717) is 0 Å². The highest BCUT2D eigenvalue weighted by Crippen LogP contribution is 2.15. The number of aromatic carboxylic acids is 1. The number of hydrogen-bond acceptors (Lipinski definition) is 4. The van der Waals surface area contributed by atoms with Gasteiger partial charge in [0, 0.05) is 11.5 Å². The Kier molecular flexibility index (Phi) is 3.82. The third-order valence-corrected chi connectivity index (χ3v) is 2.90. The van der Waals surface area contributed by atoms with Crippen LogP contribution >= 0.6 is 0 Å². The average Bonchev–Trinajstić information content (AvgIpc) is 2.41. The van der Waals surface area contributed by atoms with E-state index in [4.69, 9.17) is 10.2 Å². The molecule has 7 heteroatoms. The largest absolute Gasteiger partial charge is 0.477 e. The van der Waals surface area contributed by atoms with Crippen LogP contribution in [0.4, 0.5) is 4.39 Å². The third-order valence-electron chi connectivity index (χ3n) is 2.90. The molecular weight excluding hydrogens is 269 g/mol. The lowest BCUT2D eigenvalue weighted by Gasteiger charge is -2.17. The number of aliphatic hydroxyl groups is 2. The van der Waals surface area contributed by atoms with Gasteiger partial charge in [0.25, 0.3) is 0 Å². The lowest BCUT2D eigenvalue weighted by molar-refractivity contribution is 0.0656. The molecule has 0 aliphatic rings. The van der Waals surface area contributed by atoms with Crippen molar-refractivity contribution < 1.29 is 24.5 Å². The summed E-state index contributed by atoms with van der Waals surface area (Å²) in [6, 6.07) is 4.23. The fourth-order valence-corrected chi connectivity index (χ4v) is 1.99. The van der Waals surface area contributed by atoms with Crippen molar-refractivity contribution in [1.82, 2.24) is 4.57 Å². The van der Waals surface area contributed by atoms with Gasteiger partial charge in [-0.1, -0.05) is 0 Å². The molecule has 106 valence electrons. The summed E-state index contributed by atoms with van der Waals surface area (Å²) >= 11 is 0. The molecule has 3 N–H and O–H groups in total. The standard InChI is InChI=1S/C13H12FNO5/c14-7-1-2-10-9(3-7)12(18)4-11(13(19)20)15(10)5-8(17)6-16/h1-4,8,16-17H,5-6H2,(H,19,20). The Hall–Kier alpha value is -2.25. The summed E-state index contributed by atoms with van der Waals surface area (Å²) in [6.07, 6.45) is -1.19. The Labute approximate surface area is 112 Å². The van der Waals surface area contributed by atoms with Gasteiger partial charge in [-0.05, 0) is 18.2 Å². The van der Waals surface area contributed by atoms with E-state index in [9.17, 15) is 19.1 Å². The number of fused-ring (bicyclic) bond motifs is 1. The summed E-state index contributed by atoms with van der Waals surface area (Å²) < 4.78 is 14.3. The third kappa shape index (κ3) is 2.54. The maximum absolute atomic E-state index is 13.2. The molecule has 6 nitrogen and oxygen atoms in total. The number of benzene rings is 1. The van der Waals surface area contributed by atoms with Crippen molar-refractivity contribution in [3.8, 4) is 0 Å². The Morgan fingerprint density at radius 2 is 2.05 bits per heavy atom. The highest BCUT2D eigenvalue weighted by atomic mass is 19.1.